The average molecular weight is 182 g/mol. The highest BCUT2D eigenvalue weighted by Gasteiger charge is 2.10. The Bertz CT molecular complexity index is 233. The van der Waals surface area contributed by atoms with Crippen LogP contribution in [0.3, 0.4) is 0 Å². The fourth-order valence-electron chi connectivity index (χ4n) is 0.838. The number of hydrogen-bond donors (Lipinski definition) is 2. The highest BCUT2D eigenvalue weighted by atomic mass is 16.5. The molecule has 1 aromatic carbocycles. The first-order chi connectivity index (χ1) is 6.20. The number of rotatable bonds is 4. The summed E-state index contributed by atoms with van der Waals surface area (Å²) in [6.07, 6.45) is -1.59. The van der Waals surface area contributed by atoms with Gasteiger partial charge in [0.1, 0.15) is 18.5 Å². The average Bonchev–Trinajstić information content (AvgIpc) is 2.15. The third-order valence-electron chi connectivity index (χ3n) is 1.72. The molecule has 72 valence electrons. The summed E-state index contributed by atoms with van der Waals surface area (Å²) >= 11 is 0. The van der Waals surface area contributed by atoms with Crippen LogP contribution in [0.5, 0.6) is 5.75 Å². The van der Waals surface area contributed by atoms with Crippen molar-refractivity contribution < 1.29 is 14.9 Å². The number of hydrogen-bond acceptors (Lipinski definition) is 3. The summed E-state index contributed by atoms with van der Waals surface area (Å²) in [5, 5.41) is 18.2. The summed E-state index contributed by atoms with van der Waals surface area (Å²) in [6.45, 7) is 1.64. The summed E-state index contributed by atoms with van der Waals surface area (Å²) in [5.41, 5.74) is 0. The maximum atomic E-state index is 9.21. The molecule has 1 aromatic rings. The molecule has 0 unspecified atom stereocenters. The van der Waals surface area contributed by atoms with Crippen molar-refractivity contribution in [3.05, 3.63) is 30.3 Å². The second-order valence-electron chi connectivity index (χ2n) is 2.93. The molecule has 0 spiro atoms. The molecule has 0 aliphatic rings. The predicted molar refractivity (Wildman–Crippen MR) is 49.6 cm³/mol. The van der Waals surface area contributed by atoms with Gasteiger partial charge in [-0.3, -0.25) is 0 Å². The Morgan fingerprint density at radius 3 is 2.38 bits per heavy atom. The van der Waals surface area contributed by atoms with Gasteiger partial charge in [0.05, 0.1) is 6.10 Å². The Kier molecular flexibility index (Phi) is 3.73. The minimum absolute atomic E-state index is 0.113. The molecule has 0 fully saturated rings. The van der Waals surface area contributed by atoms with E-state index in [4.69, 9.17) is 9.84 Å². The molecule has 0 radical (unpaired) electrons. The number of benzene rings is 1. The lowest BCUT2D eigenvalue weighted by Gasteiger charge is -2.14. The van der Waals surface area contributed by atoms with Crippen LogP contribution in [0.1, 0.15) is 6.92 Å². The smallest absolute Gasteiger partial charge is 0.119 e. The van der Waals surface area contributed by atoms with E-state index in [0.29, 0.717) is 5.75 Å². The Morgan fingerprint density at radius 2 is 1.85 bits per heavy atom. The fraction of sp³-hybridized carbons (Fsp3) is 0.400. The molecule has 0 aliphatic heterocycles. The minimum atomic E-state index is -0.833. The van der Waals surface area contributed by atoms with Crippen molar-refractivity contribution in [1.82, 2.24) is 0 Å². The fourth-order valence-corrected chi connectivity index (χ4v) is 0.838. The lowest BCUT2D eigenvalue weighted by atomic mass is 10.2. The van der Waals surface area contributed by atoms with Gasteiger partial charge < -0.3 is 14.9 Å². The highest BCUT2D eigenvalue weighted by Crippen LogP contribution is 2.08. The maximum absolute atomic E-state index is 9.21. The molecule has 0 aromatic heterocycles. The number of para-hydroxylation sites is 1. The van der Waals surface area contributed by atoms with Crippen LogP contribution in [0.25, 0.3) is 0 Å². The largest absolute Gasteiger partial charge is 0.491 e. The van der Waals surface area contributed by atoms with Gasteiger partial charge in [-0.25, -0.2) is 0 Å². The lowest BCUT2D eigenvalue weighted by molar-refractivity contribution is 0.00227. The number of aliphatic hydroxyl groups is 2. The molecule has 13 heavy (non-hydrogen) atoms. The quantitative estimate of drug-likeness (QED) is 0.724. The zero-order chi connectivity index (χ0) is 9.68. The van der Waals surface area contributed by atoms with E-state index in [9.17, 15) is 5.11 Å². The molecule has 2 N–H and O–H groups in total. The van der Waals surface area contributed by atoms with Crippen LogP contribution in [0.4, 0.5) is 0 Å². The molecular formula is C10H14O3. The van der Waals surface area contributed by atoms with Gasteiger partial charge in [-0.05, 0) is 19.1 Å². The zero-order valence-corrected chi connectivity index (χ0v) is 7.55. The molecule has 0 heterocycles. The Labute approximate surface area is 77.6 Å². The lowest BCUT2D eigenvalue weighted by Crippen LogP contribution is -2.29. The first-order valence-corrected chi connectivity index (χ1v) is 4.24. The summed E-state index contributed by atoms with van der Waals surface area (Å²) in [4.78, 5) is 0. The van der Waals surface area contributed by atoms with Gasteiger partial charge in [-0.15, -0.1) is 0 Å². The summed E-state index contributed by atoms with van der Waals surface area (Å²) in [6, 6.07) is 9.19. The molecule has 0 saturated heterocycles. The van der Waals surface area contributed by atoms with Crippen LogP contribution >= 0.6 is 0 Å². The maximum Gasteiger partial charge on any atom is 0.119 e. The predicted octanol–water partition coefficient (Wildman–Crippen LogP) is 0.807. The number of ether oxygens (including phenoxy) is 1. The molecule has 2 atom stereocenters. The van der Waals surface area contributed by atoms with E-state index in [0.717, 1.165) is 0 Å². The normalized spacial score (nSPS) is 15.0. The van der Waals surface area contributed by atoms with E-state index in [1.54, 1.807) is 12.1 Å². The van der Waals surface area contributed by atoms with E-state index >= 15 is 0 Å². The van der Waals surface area contributed by atoms with Crippen molar-refractivity contribution in [2.75, 3.05) is 6.61 Å². The van der Waals surface area contributed by atoms with Gasteiger partial charge in [0, 0.05) is 0 Å². The Balaban J connectivity index is 2.35. The molecule has 0 bridgehead atoms. The standard InChI is InChI=1S/C10H14O3/c1-8(11)10(12)7-13-9-5-3-2-4-6-9/h2-6,8,10-12H,7H2,1H3/t8-,10+/m0/s1. The second-order valence-corrected chi connectivity index (χ2v) is 2.93. The third kappa shape index (κ3) is 3.44. The van der Waals surface area contributed by atoms with Gasteiger partial charge in [-0.1, -0.05) is 18.2 Å². The van der Waals surface area contributed by atoms with Crippen molar-refractivity contribution in [2.24, 2.45) is 0 Å². The molecular weight excluding hydrogens is 168 g/mol. The van der Waals surface area contributed by atoms with Gasteiger partial charge in [0.25, 0.3) is 0 Å². The molecule has 0 saturated carbocycles. The van der Waals surface area contributed by atoms with Crippen LogP contribution in [0.15, 0.2) is 30.3 Å². The molecule has 0 amide bonds. The van der Waals surface area contributed by atoms with Gasteiger partial charge in [0.15, 0.2) is 0 Å². The van der Waals surface area contributed by atoms with Crippen LogP contribution in [-0.4, -0.2) is 29.0 Å². The Morgan fingerprint density at radius 1 is 1.23 bits per heavy atom. The number of aliphatic hydroxyl groups excluding tert-OH is 2. The SMILES string of the molecule is C[C@H](O)[C@H](O)COc1ccccc1. The van der Waals surface area contributed by atoms with Crippen molar-refractivity contribution in [3.8, 4) is 5.75 Å². The van der Waals surface area contributed by atoms with Crippen LogP contribution in [0, 0.1) is 0 Å². The summed E-state index contributed by atoms with van der Waals surface area (Å²) in [7, 11) is 0. The van der Waals surface area contributed by atoms with E-state index in [2.05, 4.69) is 0 Å². The first-order valence-electron chi connectivity index (χ1n) is 4.24. The van der Waals surface area contributed by atoms with E-state index in [1.165, 1.54) is 6.92 Å². The van der Waals surface area contributed by atoms with Gasteiger partial charge in [0.2, 0.25) is 0 Å². The van der Waals surface area contributed by atoms with E-state index in [-0.39, 0.29) is 6.61 Å². The van der Waals surface area contributed by atoms with Crippen molar-refractivity contribution in [2.45, 2.75) is 19.1 Å². The topological polar surface area (TPSA) is 49.7 Å². The molecule has 1 rings (SSSR count). The third-order valence-corrected chi connectivity index (χ3v) is 1.72. The first kappa shape index (κ1) is 10.0. The second kappa shape index (κ2) is 4.84. The van der Waals surface area contributed by atoms with Crippen molar-refractivity contribution >= 4 is 0 Å². The van der Waals surface area contributed by atoms with Gasteiger partial charge >= 0.3 is 0 Å². The van der Waals surface area contributed by atoms with E-state index < -0.39 is 12.2 Å². The van der Waals surface area contributed by atoms with E-state index in [1.807, 2.05) is 18.2 Å². The monoisotopic (exact) mass is 182 g/mol. The zero-order valence-electron chi connectivity index (χ0n) is 7.55. The van der Waals surface area contributed by atoms with Gasteiger partial charge in [-0.2, -0.15) is 0 Å². The van der Waals surface area contributed by atoms with Crippen molar-refractivity contribution in [1.29, 1.82) is 0 Å². The highest BCUT2D eigenvalue weighted by molar-refractivity contribution is 5.20. The molecule has 0 aliphatic carbocycles. The molecule has 3 nitrogen and oxygen atoms in total. The van der Waals surface area contributed by atoms with Crippen molar-refractivity contribution in [3.63, 3.8) is 0 Å². The Hall–Kier alpha value is -1.06. The summed E-state index contributed by atoms with van der Waals surface area (Å²) < 4.78 is 5.22. The minimum Gasteiger partial charge on any atom is -0.491 e. The van der Waals surface area contributed by atoms with Crippen LogP contribution < -0.4 is 4.74 Å². The van der Waals surface area contributed by atoms with Crippen LogP contribution in [-0.2, 0) is 0 Å². The van der Waals surface area contributed by atoms with Crippen LogP contribution in [0.2, 0.25) is 0 Å². The summed E-state index contributed by atoms with van der Waals surface area (Å²) in [5.74, 6) is 0.696. The molecule has 3 heteroatoms.